The highest BCUT2D eigenvalue weighted by Gasteiger charge is 2.32. The van der Waals surface area contributed by atoms with Gasteiger partial charge < -0.3 is 0 Å². The quantitative estimate of drug-likeness (QED) is 0.657. The zero-order chi connectivity index (χ0) is 10.8. The van der Waals surface area contributed by atoms with Crippen molar-refractivity contribution in [3.8, 4) is 0 Å². The maximum atomic E-state index is 11.9. The van der Waals surface area contributed by atoms with Gasteiger partial charge in [-0.15, -0.1) is 0 Å². The lowest BCUT2D eigenvalue weighted by Gasteiger charge is -2.34. The van der Waals surface area contributed by atoms with E-state index in [1.807, 2.05) is 6.92 Å². The fourth-order valence-corrected chi connectivity index (χ4v) is 3.06. The van der Waals surface area contributed by atoms with Gasteiger partial charge in [0.05, 0.1) is 7.11 Å². The third-order valence-electron chi connectivity index (χ3n) is 2.62. The van der Waals surface area contributed by atoms with E-state index in [-0.39, 0.29) is 6.04 Å². The monoisotopic (exact) mass is 222 g/mol. The molecule has 0 aromatic rings. The standard InChI is InChI=1S/C8H18N2O3S/c1-8-6-4-5-7-10(8)14(11,12)9(2)13-3/h8H,4-7H2,1-3H3. The molecule has 1 fully saturated rings. The Morgan fingerprint density at radius 3 is 2.57 bits per heavy atom. The van der Waals surface area contributed by atoms with Crippen LogP contribution in [0.25, 0.3) is 0 Å². The number of hydrogen-bond acceptors (Lipinski definition) is 3. The van der Waals surface area contributed by atoms with Crippen molar-refractivity contribution >= 4 is 10.2 Å². The van der Waals surface area contributed by atoms with Crippen LogP contribution >= 0.6 is 0 Å². The Morgan fingerprint density at radius 2 is 2.07 bits per heavy atom. The van der Waals surface area contributed by atoms with Gasteiger partial charge in [-0.3, -0.25) is 4.84 Å². The zero-order valence-corrected chi connectivity index (χ0v) is 9.75. The van der Waals surface area contributed by atoms with Crippen molar-refractivity contribution in [3.05, 3.63) is 0 Å². The van der Waals surface area contributed by atoms with E-state index in [1.54, 1.807) is 0 Å². The SMILES string of the molecule is CON(C)S(=O)(=O)N1CCCCC1C. The lowest BCUT2D eigenvalue weighted by atomic mass is 10.1. The van der Waals surface area contributed by atoms with Crippen LogP contribution < -0.4 is 0 Å². The largest absolute Gasteiger partial charge is 0.304 e. The summed E-state index contributed by atoms with van der Waals surface area (Å²) in [4.78, 5) is 4.72. The lowest BCUT2D eigenvalue weighted by molar-refractivity contribution is -0.0336. The van der Waals surface area contributed by atoms with Crippen molar-refractivity contribution in [1.82, 2.24) is 8.77 Å². The predicted octanol–water partition coefficient (Wildman–Crippen LogP) is 0.599. The normalized spacial score (nSPS) is 25.6. The summed E-state index contributed by atoms with van der Waals surface area (Å²) < 4.78 is 26.1. The molecule has 0 saturated carbocycles. The number of hydroxylamine groups is 1. The van der Waals surface area contributed by atoms with E-state index < -0.39 is 10.2 Å². The molecule has 1 saturated heterocycles. The summed E-state index contributed by atoms with van der Waals surface area (Å²) in [6, 6.07) is 0.0753. The van der Waals surface area contributed by atoms with Gasteiger partial charge in [-0.25, -0.2) is 0 Å². The maximum absolute atomic E-state index is 11.9. The molecule has 6 heteroatoms. The molecule has 5 nitrogen and oxygen atoms in total. The van der Waals surface area contributed by atoms with E-state index >= 15 is 0 Å². The zero-order valence-electron chi connectivity index (χ0n) is 8.93. The molecule has 0 amide bonds. The Kier molecular flexibility index (Phi) is 3.88. The minimum absolute atomic E-state index is 0.0753. The second-order valence-electron chi connectivity index (χ2n) is 3.56. The average Bonchev–Trinajstić information content (AvgIpc) is 2.17. The lowest BCUT2D eigenvalue weighted by Crippen LogP contribution is -2.48. The van der Waals surface area contributed by atoms with Crippen molar-refractivity contribution < 1.29 is 13.3 Å². The molecule has 1 unspecified atom stereocenters. The van der Waals surface area contributed by atoms with Gasteiger partial charge in [-0.05, 0) is 19.8 Å². The Morgan fingerprint density at radius 1 is 1.43 bits per heavy atom. The summed E-state index contributed by atoms with van der Waals surface area (Å²) in [5, 5.41) is 0. The highest BCUT2D eigenvalue weighted by Crippen LogP contribution is 2.21. The second-order valence-corrected chi connectivity index (χ2v) is 5.43. The van der Waals surface area contributed by atoms with Crippen molar-refractivity contribution in [2.45, 2.75) is 32.2 Å². The predicted molar refractivity (Wildman–Crippen MR) is 53.7 cm³/mol. The second kappa shape index (κ2) is 4.57. The number of rotatable bonds is 3. The van der Waals surface area contributed by atoms with Crippen molar-refractivity contribution in [3.63, 3.8) is 0 Å². The van der Waals surface area contributed by atoms with Gasteiger partial charge in [0.2, 0.25) is 0 Å². The maximum Gasteiger partial charge on any atom is 0.304 e. The molecule has 1 aliphatic heterocycles. The summed E-state index contributed by atoms with van der Waals surface area (Å²) >= 11 is 0. The van der Waals surface area contributed by atoms with Crippen LogP contribution in [0.15, 0.2) is 0 Å². The fourth-order valence-electron chi connectivity index (χ4n) is 1.66. The fraction of sp³-hybridized carbons (Fsp3) is 1.00. The van der Waals surface area contributed by atoms with Crippen LogP contribution in [0.2, 0.25) is 0 Å². The molecule has 0 aromatic heterocycles. The molecule has 0 spiro atoms. The van der Waals surface area contributed by atoms with Crippen molar-refractivity contribution in [1.29, 1.82) is 0 Å². The third kappa shape index (κ3) is 2.25. The molecule has 1 atom stereocenters. The average molecular weight is 222 g/mol. The Hall–Kier alpha value is -0.170. The van der Waals surface area contributed by atoms with E-state index in [0.29, 0.717) is 6.54 Å². The van der Waals surface area contributed by atoms with Gasteiger partial charge in [0.15, 0.2) is 0 Å². The van der Waals surface area contributed by atoms with Gasteiger partial charge in [0.1, 0.15) is 0 Å². The first-order valence-corrected chi connectivity index (χ1v) is 6.19. The van der Waals surface area contributed by atoms with Crippen molar-refractivity contribution in [2.24, 2.45) is 0 Å². The first kappa shape index (κ1) is 11.9. The summed E-state index contributed by atoms with van der Waals surface area (Å²) in [5.41, 5.74) is 0. The summed E-state index contributed by atoms with van der Waals surface area (Å²) in [5.74, 6) is 0. The van der Waals surface area contributed by atoms with Crippen LogP contribution in [-0.4, -0.2) is 43.9 Å². The Bertz CT molecular complexity index is 278. The first-order valence-electron chi connectivity index (χ1n) is 4.80. The van der Waals surface area contributed by atoms with E-state index in [1.165, 1.54) is 18.5 Å². The topological polar surface area (TPSA) is 49.9 Å². The first-order chi connectivity index (χ1) is 6.50. The van der Waals surface area contributed by atoms with Crippen LogP contribution in [0.3, 0.4) is 0 Å². The van der Waals surface area contributed by atoms with Gasteiger partial charge in [0, 0.05) is 19.6 Å². The number of nitrogens with zero attached hydrogens (tertiary/aromatic N) is 2. The highest BCUT2D eigenvalue weighted by molar-refractivity contribution is 7.86. The van der Waals surface area contributed by atoms with E-state index in [9.17, 15) is 8.42 Å². The van der Waals surface area contributed by atoms with E-state index in [2.05, 4.69) is 0 Å². The molecular formula is C8H18N2O3S. The van der Waals surface area contributed by atoms with Crippen LogP contribution in [0.1, 0.15) is 26.2 Å². The van der Waals surface area contributed by atoms with Crippen LogP contribution in [0, 0.1) is 0 Å². The molecule has 1 rings (SSSR count). The van der Waals surface area contributed by atoms with Crippen LogP contribution in [0.5, 0.6) is 0 Å². The van der Waals surface area contributed by atoms with Crippen LogP contribution in [0.4, 0.5) is 0 Å². The minimum Gasteiger partial charge on any atom is -0.287 e. The smallest absolute Gasteiger partial charge is 0.287 e. The number of piperidine rings is 1. The number of hydrogen-bond donors (Lipinski definition) is 0. The van der Waals surface area contributed by atoms with Crippen molar-refractivity contribution in [2.75, 3.05) is 20.7 Å². The molecule has 0 radical (unpaired) electrons. The molecular weight excluding hydrogens is 204 g/mol. The molecule has 84 valence electrons. The summed E-state index contributed by atoms with van der Waals surface area (Å²) in [6.45, 7) is 2.53. The molecule has 0 aliphatic carbocycles. The van der Waals surface area contributed by atoms with Gasteiger partial charge in [0.25, 0.3) is 0 Å². The molecule has 1 aliphatic rings. The Balaban J connectivity index is 2.80. The molecule has 0 bridgehead atoms. The third-order valence-corrected chi connectivity index (χ3v) is 4.55. The molecule has 14 heavy (non-hydrogen) atoms. The highest BCUT2D eigenvalue weighted by atomic mass is 32.2. The van der Waals surface area contributed by atoms with Gasteiger partial charge in [-0.2, -0.15) is 12.7 Å². The van der Waals surface area contributed by atoms with Crippen LogP contribution in [-0.2, 0) is 15.0 Å². The van der Waals surface area contributed by atoms with E-state index in [0.717, 1.165) is 23.7 Å². The summed E-state index contributed by atoms with van der Waals surface area (Å²) in [7, 11) is -0.650. The van der Waals surface area contributed by atoms with Gasteiger partial charge >= 0.3 is 10.2 Å². The molecule has 0 aromatic carbocycles. The molecule has 0 N–H and O–H groups in total. The molecule has 1 heterocycles. The minimum atomic E-state index is -3.42. The summed E-state index contributed by atoms with van der Waals surface area (Å²) in [6.07, 6.45) is 2.96. The van der Waals surface area contributed by atoms with Gasteiger partial charge in [-0.1, -0.05) is 10.9 Å². The Labute approximate surface area is 85.8 Å². The van der Waals surface area contributed by atoms with E-state index in [4.69, 9.17) is 4.84 Å².